The quantitative estimate of drug-likeness (QED) is 0.790. The Morgan fingerprint density at radius 1 is 1.12 bits per heavy atom. The molecular weight excluding hydrogens is 352 g/mol. The van der Waals surface area contributed by atoms with Gasteiger partial charge < -0.3 is 16.4 Å². The molecule has 0 radical (unpaired) electrons. The Bertz CT molecular complexity index is 613. The first-order valence-corrected chi connectivity index (χ1v) is 9.13. The van der Waals surface area contributed by atoms with Gasteiger partial charge in [0.15, 0.2) is 0 Å². The van der Waals surface area contributed by atoms with Crippen LogP contribution in [0.2, 0.25) is 0 Å². The van der Waals surface area contributed by atoms with E-state index in [0.29, 0.717) is 31.5 Å². The average Bonchev–Trinajstić information content (AvgIpc) is 3.05. The van der Waals surface area contributed by atoms with Crippen LogP contribution in [-0.4, -0.2) is 60.9 Å². The van der Waals surface area contributed by atoms with E-state index in [1.165, 1.54) is 5.56 Å². The first-order chi connectivity index (χ1) is 12.1. The van der Waals surface area contributed by atoms with Crippen molar-refractivity contribution in [2.75, 3.05) is 39.3 Å². The van der Waals surface area contributed by atoms with Gasteiger partial charge in [-0.15, -0.1) is 12.4 Å². The fourth-order valence-electron chi connectivity index (χ4n) is 4.13. The van der Waals surface area contributed by atoms with Crippen molar-refractivity contribution in [2.45, 2.75) is 18.8 Å². The van der Waals surface area contributed by atoms with Gasteiger partial charge in [0.05, 0.1) is 12.5 Å². The number of likely N-dealkylation sites (tertiary alicyclic amines) is 2. The van der Waals surface area contributed by atoms with E-state index in [4.69, 9.17) is 11.5 Å². The van der Waals surface area contributed by atoms with Gasteiger partial charge in [-0.3, -0.25) is 14.5 Å². The maximum absolute atomic E-state index is 12.7. The fourth-order valence-corrected chi connectivity index (χ4v) is 4.13. The maximum Gasteiger partial charge on any atom is 0.236 e. The van der Waals surface area contributed by atoms with E-state index in [1.807, 2.05) is 6.07 Å². The smallest absolute Gasteiger partial charge is 0.236 e. The van der Waals surface area contributed by atoms with E-state index in [0.717, 1.165) is 32.5 Å². The number of nitrogens with zero attached hydrogens (tertiary/aromatic N) is 2. The Hall–Kier alpha value is -1.63. The summed E-state index contributed by atoms with van der Waals surface area (Å²) in [7, 11) is 0. The Morgan fingerprint density at radius 3 is 2.50 bits per heavy atom. The third-order valence-electron chi connectivity index (χ3n) is 5.58. The third-order valence-corrected chi connectivity index (χ3v) is 5.58. The Morgan fingerprint density at radius 2 is 1.85 bits per heavy atom. The van der Waals surface area contributed by atoms with E-state index < -0.39 is 0 Å². The van der Waals surface area contributed by atoms with Crippen LogP contribution >= 0.6 is 12.4 Å². The summed E-state index contributed by atoms with van der Waals surface area (Å²) in [5, 5.41) is 0. The number of benzene rings is 1. The maximum atomic E-state index is 12.7. The topological polar surface area (TPSA) is 92.7 Å². The molecule has 0 bridgehead atoms. The molecule has 0 spiro atoms. The lowest BCUT2D eigenvalue weighted by Crippen LogP contribution is -2.47. The molecule has 144 valence electrons. The largest absolute Gasteiger partial charge is 0.369 e. The molecule has 3 atom stereocenters. The van der Waals surface area contributed by atoms with Crippen LogP contribution in [0, 0.1) is 11.8 Å². The number of carbonyl (C=O) groups excluding carboxylic acids is 2. The molecule has 2 aliphatic heterocycles. The van der Waals surface area contributed by atoms with Gasteiger partial charge in [0.2, 0.25) is 11.8 Å². The zero-order chi connectivity index (χ0) is 17.8. The van der Waals surface area contributed by atoms with E-state index in [9.17, 15) is 9.59 Å². The second-order valence-corrected chi connectivity index (χ2v) is 7.29. The molecule has 26 heavy (non-hydrogen) atoms. The predicted molar refractivity (Wildman–Crippen MR) is 104 cm³/mol. The normalized spacial score (nSPS) is 26.3. The summed E-state index contributed by atoms with van der Waals surface area (Å²) >= 11 is 0. The number of hydrogen-bond donors (Lipinski definition) is 2. The van der Waals surface area contributed by atoms with E-state index in [-0.39, 0.29) is 30.1 Å². The average molecular weight is 381 g/mol. The number of carbonyl (C=O) groups is 2. The van der Waals surface area contributed by atoms with Crippen molar-refractivity contribution in [3.63, 3.8) is 0 Å². The number of piperidine rings is 1. The molecule has 0 aromatic heterocycles. The highest BCUT2D eigenvalue weighted by molar-refractivity contribution is 5.85. The van der Waals surface area contributed by atoms with Gasteiger partial charge in [0.1, 0.15) is 0 Å². The van der Waals surface area contributed by atoms with Crippen molar-refractivity contribution in [1.29, 1.82) is 0 Å². The number of halogens is 1. The van der Waals surface area contributed by atoms with Crippen molar-refractivity contribution in [1.82, 2.24) is 9.80 Å². The summed E-state index contributed by atoms with van der Waals surface area (Å²) < 4.78 is 0. The minimum absolute atomic E-state index is 0. The summed E-state index contributed by atoms with van der Waals surface area (Å²) in [5.74, 6) is 0.334. The van der Waals surface area contributed by atoms with E-state index in [2.05, 4.69) is 29.2 Å². The lowest BCUT2D eigenvalue weighted by atomic mass is 9.89. The lowest BCUT2D eigenvalue weighted by molar-refractivity contribution is -0.135. The van der Waals surface area contributed by atoms with Crippen molar-refractivity contribution in [2.24, 2.45) is 23.3 Å². The zero-order valence-electron chi connectivity index (χ0n) is 15.0. The summed E-state index contributed by atoms with van der Waals surface area (Å²) in [6.45, 7) is 3.89. The lowest BCUT2D eigenvalue weighted by Gasteiger charge is -2.32. The van der Waals surface area contributed by atoms with Crippen LogP contribution in [0.1, 0.15) is 24.3 Å². The second kappa shape index (κ2) is 9.35. The molecule has 4 N–H and O–H groups in total. The van der Waals surface area contributed by atoms with Gasteiger partial charge in [-0.2, -0.15) is 0 Å². The number of nitrogens with two attached hydrogens (primary N) is 2. The number of amides is 2. The molecular formula is C19H29ClN4O2. The Labute approximate surface area is 161 Å². The molecule has 0 saturated carbocycles. The highest BCUT2D eigenvalue weighted by Crippen LogP contribution is 2.32. The van der Waals surface area contributed by atoms with Crippen molar-refractivity contribution in [3.8, 4) is 0 Å². The Kier molecular flexibility index (Phi) is 7.43. The number of hydrogen-bond acceptors (Lipinski definition) is 4. The van der Waals surface area contributed by atoms with Gasteiger partial charge in [-0.25, -0.2) is 0 Å². The van der Waals surface area contributed by atoms with Crippen molar-refractivity contribution < 1.29 is 9.59 Å². The van der Waals surface area contributed by atoms with Gasteiger partial charge >= 0.3 is 0 Å². The molecule has 2 heterocycles. The van der Waals surface area contributed by atoms with Crippen LogP contribution in [0.4, 0.5) is 0 Å². The second-order valence-electron chi connectivity index (χ2n) is 7.29. The SMILES string of the molecule is Cl.NC[C@@H]1CN(CC(=O)N2CCCC(C(N)=O)C2)C[C@H]1c1ccccc1. The molecule has 2 fully saturated rings. The third kappa shape index (κ3) is 4.75. The summed E-state index contributed by atoms with van der Waals surface area (Å²) in [6.07, 6.45) is 1.63. The molecule has 1 aromatic carbocycles. The van der Waals surface area contributed by atoms with Gasteiger partial charge in [-0.1, -0.05) is 30.3 Å². The molecule has 6 nitrogen and oxygen atoms in total. The Balaban J connectivity index is 0.00000243. The summed E-state index contributed by atoms with van der Waals surface area (Å²) in [5.41, 5.74) is 12.7. The fraction of sp³-hybridized carbons (Fsp3) is 0.579. The minimum Gasteiger partial charge on any atom is -0.369 e. The minimum atomic E-state index is -0.300. The van der Waals surface area contributed by atoms with Crippen LogP contribution in [0.15, 0.2) is 30.3 Å². The van der Waals surface area contributed by atoms with Crippen LogP contribution in [-0.2, 0) is 9.59 Å². The van der Waals surface area contributed by atoms with Crippen molar-refractivity contribution >= 4 is 24.2 Å². The zero-order valence-corrected chi connectivity index (χ0v) is 15.9. The van der Waals surface area contributed by atoms with Crippen LogP contribution in [0.25, 0.3) is 0 Å². The van der Waals surface area contributed by atoms with E-state index in [1.54, 1.807) is 4.90 Å². The van der Waals surface area contributed by atoms with E-state index >= 15 is 0 Å². The molecule has 1 unspecified atom stereocenters. The van der Waals surface area contributed by atoms with Gasteiger partial charge in [0, 0.05) is 32.1 Å². The summed E-state index contributed by atoms with van der Waals surface area (Å²) in [4.78, 5) is 28.1. The first-order valence-electron chi connectivity index (χ1n) is 9.13. The molecule has 0 aliphatic carbocycles. The highest BCUT2D eigenvalue weighted by Gasteiger charge is 2.35. The molecule has 2 amide bonds. The predicted octanol–water partition coefficient (Wildman–Crippen LogP) is 0.806. The molecule has 2 aliphatic rings. The van der Waals surface area contributed by atoms with Crippen LogP contribution in [0.3, 0.4) is 0 Å². The standard InChI is InChI=1S/C19H28N4O2.ClH/c20-9-16-10-22(12-17(16)14-5-2-1-3-6-14)13-18(24)23-8-4-7-15(11-23)19(21)25;/h1-3,5-6,15-17H,4,7-13,20H2,(H2,21,25);1H/t15?,16-,17+;/m1./s1. The van der Waals surface area contributed by atoms with Gasteiger partial charge in [-0.05, 0) is 30.9 Å². The highest BCUT2D eigenvalue weighted by atomic mass is 35.5. The van der Waals surface area contributed by atoms with Crippen molar-refractivity contribution in [3.05, 3.63) is 35.9 Å². The molecule has 1 aromatic rings. The van der Waals surface area contributed by atoms with Crippen LogP contribution < -0.4 is 11.5 Å². The number of primary amides is 1. The first kappa shape index (κ1) is 20.7. The molecule has 7 heteroatoms. The number of rotatable bonds is 5. The monoisotopic (exact) mass is 380 g/mol. The molecule has 2 saturated heterocycles. The molecule has 3 rings (SSSR count). The van der Waals surface area contributed by atoms with Gasteiger partial charge in [0.25, 0.3) is 0 Å². The van der Waals surface area contributed by atoms with Crippen LogP contribution in [0.5, 0.6) is 0 Å². The summed E-state index contributed by atoms with van der Waals surface area (Å²) in [6, 6.07) is 10.4.